The summed E-state index contributed by atoms with van der Waals surface area (Å²) >= 11 is 0. The van der Waals surface area contributed by atoms with E-state index in [1.165, 1.54) is 7.11 Å². The molecule has 0 radical (unpaired) electrons. The third-order valence-electron chi connectivity index (χ3n) is 7.19. The number of hydrogen-bond donors (Lipinski definition) is 3. The van der Waals surface area contributed by atoms with E-state index in [9.17, 15) is 24.3 Å². The van der Waals surface area contributed by atoms with Gasteiger partial charge in [0.2, 0.25) is 11.8 Å². The monoisotopic (exact) mass is 600 g/mol. The fourth-order valence-corrected chi connectivity index (χ4v) is 4.89. The quantitative estimate of drug-likeness (QED) is 0.256. The van der Waals surface area contributed by atoms with Gasteiger partial charge in [0, 0.05) is 10.9 Å². The molecule has 4 rings (SSSR count). The Balaban J connectivity index is 1.43. The number of aliphatic imine (C=N–C) groups is 2. The number of amides is 2. The number of hydrogen-bond acceptors (Lipinski definition) is 8. The molecular weight excluding hydrogens is 564 g/mol. The maximum Gasteiger partial charge on any atom is 0.305 e. The van der Waals surface area contributed by atoms with Gasteiger partial charge in [0.25, 0.3) is 0 Å². The van der Waals surface area contributed by atoms with Crippen LogP contribution in [-0.2, 0) is 25.6 Å². The predicted octanol–water partition coefficient (Wildman–Crippen LogP) is 3.36. The second-order valence-electron chi connectivity index (χ2n) is 10.8. The van der Waals surface area contributed by atoms with Crippen LogP contribution in [0.3, 0.4) is 0 Å². The van der Waals surface area contributed by atoms with E-state index in [0.717, 1.165) is 22.0 Å². The van der Waals surface area contributed by atoms with Crippen molar-refractivity contribution in [3.8, 4) is 11.5 Å². The molecule has 2 amide bonds. The zero-order valence-electron chi connectivity index (χ0n) is 25.1. The number of amidine groups is 1. The number of Topliss-reactive ketones (excluding diaryl/α,β-unsaturated/α-hetero) is 1. The minimum atomic E-state index is -1.36. The number of fused-ring (bicyclic) bond motifs is 1. The lowest BCUT2D eigenvalue weighted by Crippen LogP contribution is -2.54. The van der Waals surface area contributed by atoms with E-state index in [-0.39, 0.29) is 12.3 Å². The van der Waals surface area contributed by atoms with E-state index in [2.05, 4.69) is 20.6 Å². The normalized spacial score (nSPS) is 13.9. The first-order valence-corrected chi connectivity index (χ1v) is 14.3. The largest absolute Gasteiger partial charge is 0.496 e. The Morgan fingerprint density at radius 3 is 2.41 bits per heavy atom. The molecule has 1 unspecified atom stereocenters. The highest BCUT2D eigenvalue weighted by molar-refractivity contribution is 6.12. The number of carbonyl (C=O) groups is 4. The molecule has 0 saturated heterocycles. The van der Waals surface area contributed by atoms with E-state index in [1.807, 2.05) is 49.4 Å². The van der Waals surface area contributed by atoms with Crippen LogP contribution in [0.25, 0.3) is 10.8 Å². The molecule has 11 nitrogen and oxygen atoms in total. The molecule has 0 fully saturated rings. The third-order valence-corrected chi connectivity index (χ3v) is 7.19. The molecule has 0 aromatic heterocycles. The number of carboxylic acid groups (broad SMARTS) is 1. The first kappa shape index (κ1) is 31.9. The maximum atomic E-state index is 13.3. The van der Waals surface area contributed by atoms with E-state index in [1.54, 1.807) is 32.0 Å². The molecule has 1 aliphatic rings. The van der Waals surface area contributed by atoms with Gasteiger partial charge in [-0.15, -0.1) is 0 Å². The SMILES string of the molecule is COc1ccc(C2=NC(C)=NC2)cc1CC(=O)N[C@H](C(=O)NC(CC(=O)O)C(=O)COc1cccc2ccccc12)C(C)C. The number of benzene rings is 3. The number of nitrogens with one attached hydrogen (secondary N) is 2. The summed E-state index contributed by atoms with van der Waals surface area (Å²) in [5, 5.41) is 16.4. The van der Waals surface area contributed by atoms with E-state index < -0.39 is 48.7 Å². The number of carboxylic acids is 1. The van der Waals surface area contributed by atoms with Gasteiger partial charge >= 0.3 is 5.97 Å². The molecule has 3 aromatic carbocycles. The van der Waals surface area contributed by atoms with Crippen LogP contribution >= 0.6 is 0 Å². The van der Waals surface area contributed by atoms with Crippen LogP contribution in [0.2, 0.25) is 0 Å². The number of carbonyl (C=O) groups excluding carboxylic acids is 3. The summed E-state index contributed by atoms with van der Waals surface area (Å²) in [6.45, 7) is 5.29. The van der Waals surface area contributed by atoms with Crippen molar-refractivity contribution in [3.63, 3.8) is 0 Å². The van der Waals surface area contributed by atoms with Crippen LogP contribution in [0.15, 0.2) is 70.6 Å². The second-order valence-corrected chi connectivity index (χ2v) is 10.8. The minimum absolute atomic E-state index is 0.0863. The summed E-state index contributed by atoms with van der Waals surface area (Å²) in [7, 11) is 1.50. The van der Waals surface area contributed by atoms with Crippen molar-refractivity contribution in [2.24, 2.45) is 15.9 Å². The Kier molecular flexibility index (Phi) is 10.4. The molecule has 3 aromatic rings. The van der Waals surface area contributed by atoms with Crippen LogP contribution in [-0.4, -0.2) is 72.6 Å². The summed E-state index contributed by atoms with van der Waals surface area (Å²) in [5.41, 5.74) is 2.19. The van der Waals surface area contributed by atoms with Crippen molar-refractivity contribution in [3.05, 3.63) is 71.8 Å². The molecule has 0 aliphatic carbocycles. The number of ketones is 1. The summed E-state index contributed by atoms with van der Waals surface area (Å²) in [5.74, 6) is -1.72. The first-order chi connectivity index (χ1) is 21.0. The zero-order chi connectivity index (χ0) is 31.8. The predicted molar refractivity (Wildman–Crippen MR) is 167 cm³/mol. The van der Waals surface area contributed by atoms with Gasteiger partial charge in [0.05, 0.1) is 32.2 Å². The first-order valence-electron chi connectivity index (χ1n) is 14.3. The smallest absolute Gasteiger partial charge is 0.305 e. The van der Waals surface area contributed by atoms with Crippen LogP contribution in [0.5, 0.6) is 11.5 Å². The Morgan fingerprint density at radius 1 is 0.977 bits per heavy atom. The van der Waals surface area contributed by atoms with Crippen molar-refractivity contribution in [2.45, 2.75) is 45.7 Å². The molecule has 2 atom stereocenters. The summed E-state index contributed by atoms with van der Waals surface area (Å²) in [4.78, 5) is 59.9. The Hall–Kier alpha value is -5.06. The minimum Gasteiger partial charge on any atom is -0.496 e. The Bertz CT molecular complexity index is 1620. The lowest BCUT2D eigenvalue weighted by atomic mass is 10.00. The second kappa shape index (κ2) is 14.4. The number of ether oxygens (including phenoxy) is 2. The number of aliphatic carboxylic acids is 1. The molecule has 1 aliphatic heterocycles. The van der Waals surface area contributed by atoms with Gasteiger partial charge in [-0.1, -0.05) is 50.2 Å². The highest BCUT2D eigenvalue weighted by Crippen LogP contribution is 2.25. The van der Waals surface area contributed by atoms with Crippen LogP contribution in [0, 0.1) is 5.92 Å². The van der Waals surface area contributed by atoms with Crippen molar-refractivity contribution in [2.75, 3.05) is 20.3 Å². The van der Waals surface area contributed by atoms with Gasteiger partial charge in [-0.2, -0.15) is 0 Å². The van der Waals surface area contributed by atoms with Crippen molar-refractivity contribution in [1.82, 2.24) is 10.6 Å². The average molecular weight is 601 g/mol. The highest BCUT2D eigenvalue weighted by atomic mass is 16.5. The Morgan fingerprint density at radius 2 is 1.73 bits per heavy atom. The van der Waals surface area contributed by atoms with Gasteiger partial charge in [0.15, 0.2) is 5.78 Å². The topological polar surface area (TPSA) is 156 Å². The van der Waals surface area contributed by atoms with Crippen molar-refractivity contribution >= 4 is 45.9 Å². The number of methoxy groups -OCH3 is 1. The van der Waals surface area contributed by atoms with Gasteiger partial charge in [-0.3, -0.25) is 24.2 Å². The summed E-state index contributed by atoms with van der Waals surface area (Å²) in [6.07, 6.45) is -0.726. The molecule has 0 bridgehead atoms. The molecule has 44 heavy (non-hydrogen) atoms. The van der Waals surface area contributed by atoms with E-state index >= 15 is 0 Å². The van der Waals surface area contributed by atoms with Gasteiger partial charge in [-0.05, 0) is 48.1 Å². The Labute approximate surface area is 255 Å². The fourth-order valence-electron chi connectivity index (χ4n) is 4.89. The van der Waals surface area contributed by atoms with E-state index in [0.29, 0.717) is 29.4 Å². The van der Waals surface area contributed by atoms with Crippen LogP contribution < -0.4 is 20.1 Å². The highest BCUT2D eigenvalue weighted by Gasteiger charge is 2.30. The maximum absolute atomic E-state index is 13.3. The van der Waals surface area contributed by atoms with Gasteiger partial charge < -0.3 is 25.2 Å². The number of nitrogens with zero attached hydrogens (tertiary/aromatic N) is 2. The molecule has 0 spiro atoms. The van der Waals surface area contributed by atoms with Gasteiger partial charge in [0.1, 0.15) is 36.0 Å². The van der Waals surface area contributed by atoms with Crippen molar-refractivity contribution < 1.29 is 33.8 Å². The third kappa shape index (κ3) is 8.06. The molecule has 1 heterocycles. The fraction of sp³-hybridized carbons (Fsp3) is 0.333. The zero-order valence-corrected chi connectivity index (χ0v) is 25.1. The molecule has 3 N–H and O–H groups in total. The summed E-state index contributed by atoms with van der Waals surface area (Å²) < 4.78 is 11.2. The molecular formula is C33H36N4O7. The van der Waals surface area contributed by atoms with E-state index in [4.69, 9.17) is 9.47 Å². The average Bonchev–Trinajstić information content (AvgIpc) is 3.44. The van der Waals surface area contributed by atoms with Crippen LogP contribution in [0.4, 0.5) is 0 Å². The standard InChI is InChI=1S/C33H36N4O7/c1-19(2)32(37-30(39)15-23-14-22(12-13-28(23)43-4)26-17-34-20(3)35-26)33(42)36-25(16-31(40)41)27(38)18-44-29-11-7-9-21-8-5-6-10-24(21)29/h5-14,19,25,32H,15-18H2,1-4H3,(H,36,42)(H,37,39)(H,40,41)/t25?,32-/m0/s1. The molecule has 11 heteroatoms. The van der Waals surface area contributed by atoms with Crippen molar-refractivity contribution in [1.29, 1.82) is 0 Å². The lowest BCUT2D eigenvalue weighted by Gasteiger charge is -2.25. The summed E-state index contributed by atoms with van der Waals surface area (Å²) in [6, 6.07) is 15.9. The molecule has 0 saturated carbocycles. The van der Waals surface area contributed by atoms with Gasteiger partial charge in [-0.25, -0.2) is 4.99 Å². The lowest BCUT2D eigenvalue weighted by molar-refractivity contribution is -0.141. The molecule has 230 valence electrons. The number of rotatable bonds is 14. The van der Waals surface area contributed by atoms with Crippen LogP contribution in [0.1, 0.15) is 38.3 Å².